The lowest BCUT2D eigenvalue weighted by Gasteiger charge is -2.33. The summed E-state index contributed by atoms with van der Waals surface area (Å²) >= 11 is 0. The Morgan fingerprint density at radius 2 is 2.00 bits per heavy atom. The van der Waals surface area contributed by atoms with Crippen molar-refractivity contribution in [2.75, 3.05) is 13.1 Å². The third-order valence-electron chi connectivity index (χ3n) is 4.91. The molecule has 0 aromatic rings. The van der Waals surface area contributed by atoms with Crippen LogP contribution in [0.5, 0.6) is 0 Å². The van der Waals surface area contributed by atoms with Crippen molar-refractivity contribution in [1.82, 2.24) is 10.2 Å². The summed E-state index contributed by atoms with van der Waals surface area (Å²) in [5, 5.41) is 3.52. The van der Waals surface area contributed by atoms with Gasteiger partial charge in [0.1, 0.15) is 0 Å². The van der Waals surface area contributed by atoms with E-state index in [9.17, 15) is 4.79 Å². The zero-order chi connectivity index (χ0) is 13.2. The molecule has 0 spiro atoms. The third kappa shape index (κ3) is 3.29. The predicted molar refractivity (Wildman–Crippen MR) is 75.7 cm³/mol. The maximum Gasteiger partial charge on any atom is 0.226 e. The van der Waals surface area contributed by atoms with Gasteiger partial charge in [-0.05, 0) is 51.5 Å². The number of carbonyl (C=O) groups is 1. The molecule has 3 rings (SSSR count). The molecule has 4 heteroatoms. The van der Waals surface area contributed by atoms with Crippen LogP contribution in [0.1, 0.15) is 51.4 Å². The molecule has 3 atom stereocenters. The van der Waals surface area contributed by atoms with Crippen molar-refractivity contribution >= 4 is 5.91 Å². The van der Waals surface area contributed by atoms with E-state index in [1.807, 2.05) is 0 Å². The molecule has 1 heterocycles. The fraction of sp³-hybridized carbons (Fsp3) is 0.933. The molecule has 3 aliphatic rings. The molecule has 0 bridgehead atoms. The molecular formula is C15H27N3O. The number of hydrogen-bond donors (Lipinski definition) is 2. The van der Waals surface area contributed by atoms with Gasteiger partial charge in [-0.2, -0.15) is 0 Å². The Kier molecular flexibility index (Phi) is 4.08. The Balaban J connectivity index is 1.60. The second-order valence-electron chi connectivity index (χ2n) is 6.64. The van der Waals surface area contributed by atoms with Gasteiger partial charge in [-0.15, -0.1) is 0 Å². The van der Waals surface area contributed by atoms with E-state index in [1.54, 1.807) is 0 Å². The zero-order valence-corrected chi connectivity index (χ0v) is 11.8. The Morgan fingerprint density at radius 3 is 2.63 bits per heavy atom. The molecule has 2 saturated carbocycles. The van der Waals surface area contributed by atoms with Crippen molar-refractivity contribution in [2.45, 2.75) is 69.5 Å². The smallest absolute Gasteiger partial charge is 0.226 e. The first-order chi connectivity index (χ1) is 9.24. The molecule has 0 aromatic heterocycles. The van der Waals surface area contributed by atoms with E-state index in [0.717, 1.165) is 38.8 Å². The second-order valence-corrected chi connectivity index (χ2v) is 6.64. The molecule has 19 heavy (non-hydrogen) atoms. The molecule has 3 fully saturated rings. The zero-order valence-electron chi connectivity index (χ0n) is 11.8. The number of nitrogens with two attached hydrogens (primary N) is 1. The molecule has 0 aromatic carbocycles. The number of nitrogens with zero attached hydrogens (tertiary/aromatic N) is 1. The van der Waals surface area contributed by atoms with Crippen molar-refractivity contribution in [3.05, 3.63) is 0 Å². The molecule has 0 radical (unpaired) electrons. The fourth-order valence-electron chi connectivity index (χ4n) is 3.64. The largest absolute Gasteiger partial charge is 0.338 e. The van der Waals surface area contributed by atoms with Crippen LogP contribution in [0.15, 0.2) is 0 Å². The summed E-state index contributed by atoms with van der Waals surface area (Å²) in [7, 11) is 0. The molecule has 1 saturated heterocycles. The van der Waals surface area contributed by atoms with E-state index >= 15 is 0 Å². The van der Waals surface area contributed by atoms with Gasteiger partial charge < -0.3 is 16.0 Å². The first-order valence-corrected chi connectivity index (χ1v) is 8.03. The summed E-state index contributed by atoms with van der Waals surface area (Å²) in [4.78, 5) is 14.9. The minimum absolute atomic E-state index is 0.200. The van der Waals surface area contributed by atoms with Gasteiger partial charge in [0.05, 0.1) is 0 Å². The molecule has 0 unspecified atom stereocenters. The van der Waals surface area contributed by atoms with Crippen LogP contribution < -0.4 is 11.1 Å². The van der Waals surface area contributed by atoms with Crippen LogP contribution in [0.2, 0.25) is 0 Å². The Morgan fingerprint density at radius 1 is 1.16 bits per heavy atom. The SMILES string of the molecule is N[C@@H]1CCC[C@@H](C(=O)N(C[C@H]2CCCN2)C2CC2)C1. The highest BCUT2D eigenvalue weighted by molar-refractivity contribution is 5.79. The topological polar surface area (TPSA) is 58.4 Å². The van der Waals surface area contributed by atoms with Gasteiger partial charge in [-0.1, -0.05) is 6.42 Å². The summed E-state index contributed by atoms with van der Waals surface area (Å²) in [6, 6.07) is 1.31. The van der Waals surface area contributed by atoms with Gasteiger partial charge in [-0.3, -0.25) is 4.79 Å². The van der Waals surface area contributed by atoms with Crippen LogP contribution in [-0.4, -0.2) is 42.0 Å². The summed E-state index contributed by atoms with van der Waals surface area (Å²) in [5.74, 6) is 0.595. The Labute approximate surface area is 116 Å². The van der Waals surface area contributed by atoms with Crippen LogP contribution in [0, 0.1) is 5.92 Å². The quantitative estimate of drug-likeness (QED) is 0.804. The minimum Gasteiger partial charge on any atom is -0.338 e. The van der Waals surface area contributed by atoms with E-state index in [4.69, 9.17) is 5.73 Å². The third-order valence-corrected chi connectivity index (χ3v) is 4.91. The van der Waals surface area contributed by atoms with Gasteiger partial charge in [-0.25, -0.2) is 0 Å². The number of carbonyl (C=O) groups excluding carboxylic acids is 1. The van der Waals surface area contributed by atoms with Gasteiger partial charge in [0.2, 0.25) is 5.91 Å². The van der Waals surface area contributed by atoms with Crippen LogP contribution in [0.25, 0.3) is 0 Å². The first kappa shape index (κ1) is 13.4. The maximum atomic E-state index is 12.8. The Bertz CT molecular complexity index is 323. The van der Waals surface area contributed by atoms with Crippen molar-refractivity contribution < 1.29 is 4.79 Å². The molecule has 3 N–H and O–H groups in total. The van der Waals surface area contributed by atoms with Crippen LogP contribution in [0.3, 0.4) is 0 Å². The number of amides is 1. The van der Waals surface area contributed by atoms with Crippen LogP contribution >= 0.6 is 0 Å². The highest BCUT2D eigenvalue weighted by Gasteiger charge is 2.38. The summed E-state index contributed by atoms with van der Waals surface area (Å²) in [5.41, 5.74) is 6.04. The number of rotatable bonds is 4. The minimum atomic E-state index is 0.200. The number of nitrogens with one attached hydrogen (secondary N) is 1. The maximum absolute atomic E-state index is 12.8. The monoisotopic (exact) mass is 265 g/mol. The first-order valence-electron chi connectivity index (χ1n) is 8.03. The van der Waals surface area contributed by atoms with Gasteiger partial charge >= 0.3 is 0 Å². The molecule has 4 nitrogen and oxygen atoms in total. The van der Waals surface area contributed by atoms with Crippen molar-refractivity contribution in [3.63, 3.8) is 0 Å². The highest BCUT2D eigenvalue weighted by atomic mass is 16.2. The summed E-state index contributed by atoms with van der Waals surface area (Å²) in [6.45, 7) is 2.04. The summed E-state index contributed by atoms with van der Waals surface area (Å²) < 4.78 is 0. The average Bonchev–Trinajstić information content (AvgIpc) is 3.12. The van der Waals surface area contributed by atoms with Gasteiger partial charge in [0.15, 0.2) is 0 Å². The molecule has 1 amide bonds. The molecule has 108 valence electrons. The fourth-order valence-corrected chi connectivity index (χ4v) is 3.64. The lowest BCUT2D eigenvalue weighted by molar-refractivity contribution is -0.137. The standard InChI is InChI=1S/C15H27N3O/c16-12-4-1-3-11(9-12)15(19)18(14-6-7-14)10-13-5-2-8-17-13/h11-14,17H,1-10,16H2/t11-,12-,13-/m1/s1. The highest BCUT2D eigenvalue weighted by Crippen LogP contribution is 2.32. The number of hydrogen-bond acceptors (Lipinski definition) is 3. The lowest BCUT2D eigenvalue weighted by Crippen LogP contribution is -2.46. The normalized spacial score (nSPS) is 35.3. The molecule has 1 aliphatic heterocycles. The second kappa shape index (κ2) is 5.80. The van der Waals surface area contributed by atoms with Crippen molar-refractivity contribution in [2.24, 2.45) is 11.7 Å². The van der Waals surface area contributed by atoms with Crippen molar-refractivity contribution in [1.29, 1.82) is 0 Å². The lowest BCUT2D eigenvalue weighted by atomic mass is 9.85. The van der Waals surface area contributed by atoms with E-state index in [-0.39, 0.29) is 12.0 Å². The van der Waals surface area contributed by atoms with Gasteiger partial charge in [0, 0.05) is 30.6 Å². The van der Waals surface area contributed by atoms with Crippen molar-refractivity contribution in [3.8, 4) is 0 Å². The Hall–Kier alpha value is -0.610. The van der Waals surface area contributed by atoms with Crippen LogP contribution in [-0.2, 0) is 4.79 Å². The summed E-state index contributed by atoms with van der Waals surface area (Å²) in [6.07, 6.45) is 9.06. The van der Waals surface area contributed by atoms with Gasteiger partial charge in [0.25, 0.3) is 0 Å². The van der Waals surface area contributed by atoms with E-state index in [2.05, 4.69) is 10.2 Å². The van der Waals surface area contributed by atoms with E-state index in [1.165, 1.54) is 25.7 Å². The van der Waals surface area contributed by atoms with E-state index < -0.39 is 0 Å². The average molecular weight is 265 g/mol. The predicted octanol–water partition coefficient (Wildman–Crippen LogP) is 1.25. The molecule has 2 aliphatic carbocycles. The van der Waals surface area contributed by atoms with Crippen LogP contribution in [0.4, 0.5) is 0 Å². The van der Waals surface area contributed by atoms with E-state index in [0.29, 0.717) is 18.0 Å². The molecular weight excluding hydrogens is 238 g/mol.